The summed E-state index contributed by atoms with van der Waals surface area (Å²) < 4.78 is 7.67. The standard InChI is InChI=1S/C17H20N6O/c1-13-17(21-16-5-3-2-4-15(16)20-13)10-22-6-7-24-14(8-22)9-23-12-18-11-19-23/h2-5,11-12,14H,6-10H2,1H3/t14-/m1/s1. The van der Waals surface area contributed by atoms with Crippen molar-refractivity contribution in [3.8, 4) is 0 Å². The molecule has 0 amide bonds. The highest BCUT2D eigenvalue weighted by Gasteiger charge is 2.22. The molecule has 24 heavy (non-hydrogen) atoms. The lowest BCUT2D eigenvalue weighted by Gasteiger charge is -2.32. The minimum atomic E-state index is 0.120. The average molecular weight is 324 g/mol. The van der Waals surface area contributed by atoms with Gasteiger partial charge in [-0.25, -0.2) is 15.0 Å². The summed E-state index contributed by atoms with van der Waals surface area (Å²) in [7, 11) is 0. The zero-order valence-corrected chi connectivity index (χ0v) is 13.7. The van der Waals surface area contributed by atoms with Crippen molar-refractivity contribution < 1.29 is 4.74 Å². The van der Waals surface area contributed by atoms with Crippen LogP contribution >= 0.6 is 0 Å². The lowest BCUT2D eigenvalue weighted by Crippen LogP contribution is -2.44. The van der Waals surface area contributed by atoms with E-state index in [0.29, 0.717) is 0 Å². The third-order valence-electron chi connectivity index (χ3n) is 4.30. The fourth-order valence-corrected chi connectivity index (χ4v) is 3.06. The number of hydrogen-bond donors (Lipinski definition) is 0. The van der Waals surface area contributed by atoms with Crippen LogP contribution < -0.4 is 0 Å². The van der Waals surface area contributed by atoms with Crippen LogP contribution in [0, 0.1) is 6.92 Å². The maximum atomic E-state index is 5.85. The number of rotatable bonds is 4. The van der Waals surface area contributed by atoms with Crippen LogP contribution in [0.15, 0.2) is 36.9 Å². The van der Waals surface area contributed by atoms with Crippen molar-refractivity contribution >= 4 is 11.0 Å². The molecule has 3 aromatic rings. The van der Waals surface area contributed by atoms with Gasteiger partial charge in [0, 0.05) is 19.6 Å². The van der Waals surface area contributed by atoms with E-state index in [9.17, 15) is 0 Å². The molecule has 0 bridgehead atoms. The second-order valence-corrected chi connectivity index (χ2v) is 6.09. The predicted octanol–water partition coefficient (Wildman–Crippen LogP) is 1.43. The molecule has 1 fully saturated rings. The minimum absolute atomic E-state index is 0.120. The first-order valence-corrected chi connectivity index (χ1v) is 8.16. The van der Waals surface area contributed by atoms with E-state index in [1.165, 1.54) is 0 Å². The Kier molecular flexibility index (Phi) is 4.18. The summed E-state index contributed by atoms with van der Waals surface area (Å²) in [5, 5.41) is 4.15. The second kappa shape index (κ2) is 6.62. The van der Waals surface area contributed by atoms with Crippen molar-refractivity contribution in [1.29, 1.82) is 0 Å². The summed E-state index contributed by atoms with van der Waals surface area (Å²) in [6, 6.07) is 8.01. The van der Waals surface area contributed by atoms with Gasteiger partial charge < -0.3 is 4.74 Å². The molecule has 4 rings (SSSR count). The van der Waals surface area contributed by atoms with Gasteiger partial charge >= 0.3 is 0 Å². The number of fused-ring (bicyclic) bond motifs is 1. The number of benzene rings is 1. The number of ether oxygens (including phenoxy) is 1. The number of hydrogen-bond acceptors (Lipinski definition) is 6. The first-order valence-electron chi connectivity index (χ1n) is 8.16. The van der Waals surface area contributed by atoms with Crippen LogP contribution in [-0.4, -0.2) is 55.4 Å². The van der Waals surface area contributed by atoms with Crippen LogP contribution in [-0.2, 0) is 17.8 Å². The van der Waals surface area contributed by atoms with Crippen LogP contribution in [0.2, 0.25) is 0 Å². The summed E-state index contributed by atoms with van der Waals surface area (Å²) in [5.41, 5.74) is 3.93. The summed E-state index contributed by atoms with van der Waals surface area (Å²) in [4.78, 5) is 15.8. The highest BCUT2D eigenvalue weighted by Crippen LogP contribution is 2.16. The molecular formula is C17H20N6O. The van der Waals surface area contributed by atoms with E-state index in [-0.39, 0.29) is 6.10 Å². The van der Waals surface area contributed by atoms with Gasteiger partial charge in [0.1, 0.15) is 12.7 Å². The molecule has 124 valence electrons. The highest BCUT2D eigenvalue weighted by molar-refractivity contribution is 5.74. The first kappa shape index (κ1) is 15.2. The normalized spacial score (nSPS) is 19.0. The molecule has 0 N–H and O–H groups in total. The van der Waals surface area contributed by atoms with Gasteiger partial charge in [0.25, 0.3) is 0 Å². The fourth-order valence-electron chi connectivity index (χ4n) is 3.06. The largest absolute Gasteiger partial charge is 0.374 e. The van der Waals surface area contributed by atoms with E-state index in [0.717, 1.165) is 55.2 Å². The zero-order valence-electron chi connectivity index (χ0n) is 13.7. The number of morpholine rings is 1. The predicted molar refractivity (Wildman–Crippen MR) is 89.3 cm³/mol. The monoisotopic (exact) mass is 324 g/mol. The van der Waals surface area contributed by atoms with Gasteiger partial charge in [-0.3, -0.25) is 9.58 Å². The Morgan fingerprint density at radius 1 is 1.21 bits per heavy atom. The van der Waals surface area contributed by atoms with Crippen molar-refractivity contribution in [3.63, 3.8) is 0 Å². The molecule has 1 aliphatic rings. The van der Waals surface area contributed by atoms with Crippen LogP contribution in [0.4, 0.5) is 0 Å². The van der Waals surface area contributed by atoms with E-state index in [1.807, 2.05) is 35.9 Å². The number of aryl methyl sites for hydroxylation is 1. The molecular weight excluding hydrogens is 304 g/mol. The third-order valence-corrected chi connectivity index (χ3v) is 4.30. The Labute approximate surface area is 140 Å². The molecule has 3 heterocycles. The van der Waals surface area contributed by atoms with Gasteiger partial charge in [0.2, 0.25) is 0 Å². The summed E-state index contributed by atoms with van der Waals surface area (Å²) >= 11 is 0. The Hall–Kier alpha value is -2.38. The van der Waals surface area contributed by atoms with Gasteiger partial charge in [-0.2, -0.15) is 5.10 Å². The van der Waals surface area contributed by atoms with Gasteiger partial charge in [-0.15, -0.1) is 0 Å². The SMILES string of the molecule is Cc1nc2ccccc2nc1CN1CCO[C@@H](Cn2cncn2)C1. The quantitative estimate of drug-likeness (QED) is 0.723. The van der Waals surface area contributed by atoms with Gasteiger partial charge in [0.05, 0.1) is 41.7 Å². The maximum Gasteiger partial charge on any atom is 0.137 e. The summed E-state index contributed by atoms with van der Waals surface area (Å²) in [6.07, 6.45) is 3.39. The van der Waals surface area contributed by atoms with Gasteiger partial charge in [-0.1, -0.05) is 12.1 Å². The highest BCUT2D eigenvalue weighted by atomic mass is 16.5. The topological polar surface area (TPSA) is 69.0 Å². The van der Waals surface area contributed by atoms with Crippen molar-refractivity contribution in [1.82, 2.24) is 29.6 Å². The molecule has 0 radical (unpaired) electrons. The molecule has 0 saturated carbocycles. The average Bonchev–Trinajstić information content (AvgIpc) is 3.09. The van der Waals surface area contributed by atoms with Crippen molar-refractivity contribution in [2.24, 2.45) is 0 Å². The van der Waals surface area contributed by atoms with E-state index in [1.54, 1.807) is 12.7 Å². The fraction of sp³-hybridized carbons (Fsp3) is 0.412. The van der Waals surface area contributed by atoms with Gasteiger partial charge in [-0.05, 0) is 19.1 Å². The lowest BCUT2D eigenvalue weighted by molar-refractivity contribution is -0.0406. The second-order valence-electron chi connectivity index (χ2n) is 6.09. The van der Waals surface area contributed by atoms with E-state index < -0.39 is 0 Å². The molecule has 0 spiro atoms. The van der Waals surface area contributed by atoms with E-state index >= 15 is 0 Å². The molecule has 1 atom stereocenters. The number of para-hydroxylation sites is 2. The number of aromatic nitrogens is 5. The van der Waals surface area contributed by atoms with Crippen LogP contribution in [0.1, 0.15) is 11.4 Å². The molecule has 1 aromatic carbocycles. The zero-order chi connectivity index (χ0) is 16.4. The molecule has 1 saturated heterocycles. The van der Waals surface area contributed by atoms with Crippen molar-refractivity contribution in [3.05, 3.63) is 48.3 Å². The first-order chi connectivity index (χ1) is 11.8. The van der Waals surface area contributed by atoms with Crippen LogP contribution in [0.3, 0.4) is 0 Å². The lowest BCUT2D eigenvalue weighted by atomic mass is 10.2. The summed E-state index contributed by atoms with van der Waals surface area (Å²) in [5.74, 6) is 0. The molecule has 0 unspecified atom stereocenters. The number of nitrogens with zero attached hydrogens (tertiary/aromatic N) is 6. The molecule has 7 nitrogen and oxygen atoms in total. The molecule has 0 aliphatic carbocycles. The van der Waals surface area contributed by atoms with Crippen LogP contribution in [0.5, 0.6) is 0 Å². The smallest absolute Gasteiger partial charge is 0.137 e. The summed E-state index contributed by atoms with van der Waals surface area (Å²) in [6.45, 7) is 6.02. The third kappa shape index (κ3) is 3.27. The Morgan fingerprint density at radius 2 is 2.04 bits per heavy atom. The maximum absolute atomic E-state index is 5.85. The Balaban J connectivity index is 1.47. The van der Waals surface area contributed by atoms with Crippen LogP contribution in [0.25, 0.3) is 11.0 Å². The van der Waals surface area contributed by atoms with E-state index in [2.05, 4.69) is 20.0 Å². The Morgan fingerprint density at radius 3 is 2.83 bits per heavy atom. The molecule has 1 aliphatic heterocycles. The minimum Gasteiger partial charge on any atom is -0.374 e. The van der Waals surface area contributed by atoms with Crippen molar-refractivity contribution in [2.75, 3.05) is 19.7 Å². The molecule has 7 heteroatoms. The van der Waals surface area contributed by atoms with E-state index in [4.69, 9.17) is 9.72 Å². The van der Waals surface area contributed by atoms with Crippen molar-refractivity contribution in [2.45, 2.75) is 26.1 Å². The molecule has 2 aromatic heterocycles. The Bertz CT molecular complexity index is 819. The van der Waals surface area contributed by atoms with Gasteiger partial charge in [0.15, 0.2) is 0 Å².